The SMILES string of the molecule is C=CCOC(=O)[C@@H]1[C@@H]2CC(C)C3(S2)C(C(=O)N(CC=C)C(C)C)N(CCCCCCO)C(=O)[C@H]13. The number of amides is 2. The number of ether oxygens (including phenoxy) is 1. The Bertz CT molecular complexity index is 802. The number of esters is 1. The van der Waals surface area contributed by atoms with E-state index in [9.17, 15) is 14.4 Å². The Balaban J connectivity index is 1.98. The van der Waals surface area contributed by atoms with E-state index in [0.29, 0.717) is 13.1 Å². The molecule has 34 heavy (non-hydrogen) atoms. The van der Waals surface area contributed by atoms with Crippen LogP contribution in [0.5, 0.6) is 0 Å². The molecule has 0 aromatic carbocycles. The number of carbonyl (C=O) groups excluding carboxylic acids is 3. The predicted octanol–water partition coefficient (Wildman–Crippen LogP) is 3.03. The molecule has 190 valence electrons. The molecule has 1 N–H and O–H groups in total. The average Bonchev–Trinajstić information content (AvgIpc) is 3.39. The maximum Gasteiger partial charge on any atom is 0.311 e. The van der Waals surface area contributed by atoms with Crippen molar-refractivity contribution >= 4 is 29.5 Å². The second kappa shape index (κ2) is 11.3. The van der Waals surface area contributed by atoms with Crippen LogP contribution in [0.4, 0.5) is 0 Å². The Morgan fingerprint density at radius 3 is 2.59 bits per heavy atom. The molecule has 2 amide bonds. The molecule has 3 heterocycles. The van der Waals surface area contributed by atoms with Crippen LogP contribution in [-0.2, 0) is 19.1 Å². The number of nitrogens with zero attached hydrogens (tertiary/aromatic N) is 2. The van der Waals surface area contributed by atoms with Crippen LogP contribution in [0.25, 0.3) is 0 Å². The zero-order valence-electron chi connectivity index (χ0n) is 20.8. The highest BCUT2D eigenvalue weighted by atomic mass is 32.2. The Hall–Kier alpha value is -1.80. The lowest BCUT2D eigenvalue weighted by Gasteiger charge is -2.41. The largest absolute Gasteiger partial charge is 0.461 e. The van der Waals surface area contributed by atoms with Gasteiger partial charge >= 0.3 is 5.97 Å². The molecule has 0 aromatic heterocycles. The topological polar surface area (TPSA) is 87.2 Å². The molecule has 0 aromatic rings. The fourth-order valence-electron chi connectivity index (χ4n) is 6.14. The molecular weight excluding hydrogens is 452 g/mol. The van der Waals surface area contributed by atoms with Crippen LogP contribution in [0.3, 0.4) is 0 Å². The molecule has 2 bridgehead atoms. The summed E-state index contributed by atoms with van der Waals surface area (Å²) >= 11 is 1.67. The van der Waals surface area contributed by atoms with E-state index in [1.54, 1.807) is 27.6 Å². The molecule has 0 aliphatic carbocycles. The Labute approximate surface area is 208 Å². The number of thioether (sulfide) groups is 1. The van der Waals surface area contributed by atoms with Gasteiger partial charge in [-0.1, -0.05) is 38.5 Å². The maximum atomic E-state index is 14.1. The minimum atomic E-state index is -0.629. The van der Waals surface area contributed by atoms with Crippen molar-refractivity contribution in [2.75, 3.05) is 26.3 Å². The minimum Gasteiger partial charge on any atom is -0.461 e. The summed E-state index contributed by atoms with van der Waals surface area (Å²) in [5, 5.41) is 9.06. The summed E-state index contributed by atoms with van der Waals surface area (Å²) in [7, 11) is 0. The van der Waals surface area contributed by atoms with Crippen LogP contribution in [0.15, 0.2) is 25.3 Å². The van der Waals surface area contributed by atoms with Crippen molar-refractivity contribution in [3.05, 3.63) is 25.3 Å². The molecular formula is C26H40N2O5S. The highest BCUT2D eigenvalue weighted by molar-refractivity contribution is 8.02. The molecule has 3 aliphatic heterocycles. The lowest BCUT2D eigenvalue weighted by Crippen LogP contribution is -2.58. The summed E-state index contributed by atoms with van der Waals surface area (Å²) in [5.74, 6) is -1.45. The molecule has 3 aliphatic rings. The van der Waals surface area contributed by atoms with Crippen molar-refractivity contribution in [2.45, 2.75) is 75.0 Å². The maximum absolute atomic E-state index is 14.1. The predicted molar refractivity (Wildman–Crippen MR) is 134 cm³/mol. The summed E-state index contributed by atoms with van der Waals surface area (Å²) in [4.78, 5) is 44.7. The van der Waals surface area contributed by atoms with Gasteiger partial charge in [0.25, 0.3) is 0 Å². The van der Waals surface area contributed by atoms with Gasteiger partial charge in [-0.2, -0.15) is 0 Å². The molecule has 3 fully saturated rings. The average molecular weight is 493 g/mol. The normalized spacial score (nSPS) is 31.6. The first-order valence-corrected chi connectivity index (χ1v) is 13.4. The molecule has 0 radical (unpaired) electrons. The van der Waals surface area contributed by atoms with Crippen molar-refractivity contribution in [3.8, 4) is 0 Å². The molecule has 3 rings (SSSR count). The van der Waals surface area contributed by atoms with Gasteiger partial charge in [-0.3, -0.25) is 14.4 Å². The number of hydrogen-bond acceptors (Lipinski definition) is 6. The van der Waals surface area contributed by atoms with Gasteiger partial charge in [0.15, 0.2) is 0 Å². The van der Waals surface area contributed by atoms with Gasteiger partial charge in [-0.05, 0) is 39.0 Å². The van der Waals surface area contributed by atoms with Crippen LogP contribution in [-0.4, -0.2) is 81.1 Å². The Morgan fingerprint density at radius 1 is 1.26 bits per heavy atom. The third kappa shape index (κ3) is 4.55. The third-order valence-corrected chi connectivity index (χ3v) is 9.71. The molecule has 1 spiro atoms. The summed E-state index contributed by atoms with van der Waals surface area (Å²) < 4.78 is 4.79. The summed E-state index contributed by atoms with van der Waals surface area (Å²) in [5.41, 5.74) is 0. The van der Waals surface area contributed by atoms with Crippen molar-refractivity contribution in [3.63, 3.8) is 0 Å². The zero-order valence-corrected chi connectivity index (χ0v) is 21.6. The standard InChI is InChI=1S/C26H40N2O5S/c1-6-12-27(17(3)4)24(31)22-26-18(5)16-19(34-26)20(25(32)33-15-7-2)21(26)23(30)28(22)13-10-8-9-11-14-29/h6-7,17-22,29H,1-2,8-16H2,3-5H3/t18?,19-,20+,21-,22?,26?/m0/s1. The van der Waals surface area contributed by atoms with E-state index in [1.165, 1.54) is 6.08 Å². The molecule has 0 saturated carbocycles. The Kier molecular flexibility index (Phi) is 8.90. The van der Waals surface area contributed by atoms with Gasteiger partial charge < -0.3 is 19.6 Å². The van der Waals surface area contributed by atoms with E-state index in [0.717, 1.165) is 32.1 Å². The van der Waals surface area contributed by atoms with Crippen LogP contribution in [0.2, 0.25) is 0 Å². The van der Waals surface area contributed by atoms with Crippen molar-refractivity contribution in [1.82, 2.24) is 9.80 Å². The van der Waals surface area contributed by atoms with Crippen molar-refractivity contribution < 1.29 is 24.2 Å². The van der Waals surface area contributed by atoms with Crippen molar-refractivity contribution in [2.24, 2.45) is 17.8 Å². The highest BCUT2D eigenvalue weighted by Crippen LogP contribution is 2.68. The lowest BCUT2D eigenvalue weighted by atomic mass is 9.66. The summed E-state index contributed by atoms with van der Waals surface area (Å²) in [6, 6.07) is -0.637. The second-order valence-corrected chi connectivity index (χ2v) is 11.6. The lowest BCUT2D eigenvalue weighted by molar-refractivity contribution is -0.153. The zero-order chi connectivity index (χ0) is 25.0. The number of carbonyl (C=O) groups is 3. The van der Waals surface area contributed by atoms with Crippen LogP contribution in [0, 0.1) is 17.8 Å². The Morgan fingerprint density at radius 2 is 1.97 bits per heavy atom. The highest BCUT2D eigenvalue weighted by Gasteiger charge is 2.76. The molecule has 7 nitrogen and oxygen atoms in total. The van der Waals surface area contributed by atoms with Gasteiger partial charge in [0.2, 0.25) is 11.8 Å². The smallest absolute Gasteiger partial charge is 0.311 e. The second-order valence-electron chi connectivity index (χ2n) is 10.0. The number of aliphatic hydroxyl groups is 1. The quantitative estimate of drug-likeness (QED) is 0.242. The number of likely N-dealkylation sites (tertiary alicyclic amines) is 1. The fraction of sp³-hybridized carbons (Fsp3) is 0.731. The molecule has 8 heteroatoms. The van der Waals surface area contributed by atoms with E-state index in [4.69, 9.17) is 9.84 Å². The summed E-state index contributed by atoms with van der Waals surface area (Å²) in [6.07, 6.45) is 7.29. The van der Waals surface area contributed by atoms with E-state index in [2.05, 4.69) is 20.1 Å². The van der Waals surface area contributed by atoms with E-state index in [-0.39, 0.29) is 48.2 Å². The van der Waals surface area contributed by atoms with Gasteiger partial charge in [-0.25, -0.2) is 0 Å². The summed E-state index contributed by atoms with van der Waals surface area (Å²) in [6.45, 7) is 14.7. The van der Waals surface area contributed by atoms with E-state index in [1.807, 2.05) is 13.8 Å². The fourth-order valence-corrected chi connectivity index (χ4v) is 8.55. The number of rotatable bonds is 13. The minimum absolute atomic E-state index is 0.0184. The number of unbranched alkanes of at least 4 members (excludes halogenated alkanes) is 3. The van der Waals surface area contributed by atoms with Crippen LogP contribution < -0.4 is 0 Å². The number of hydrogen-bond donors (Lipinski definition) is 1. The number of fused-ring (bicyclic) bond motifs is 1. The van der Waals surface area contributed by atoms with E-state index >= 15 is 0 Å². The first-order valence-electron chi connectivity index (χ1n) is 12.5. The van der Waals surface area contributed by atoms with E-state index < -0.39 is 22.6 Å². The molecule has 3 unspecified atom stereocenters. The first kappa shape index (κ1) is 26.8. The molecule has 6 atom stereocenters. The molecule has 3 saturated heterocycles. The van der Waals surface area contributed by atoms with Gasteiger partial charge in [0.1, 0.15) is 12.6 Å². The van der Waals surface area contributed by atoms with Gasteiger partial charge in [0.05, 0.1) is 16.6 Å². The monoisotopic (exact) mass is 492 g/mol. The first-order chi connectivity index (χ1) is 16.3. The van der Waals surface area contributed by atoms with Gasteiger partial charge in [0, 0.05) is 31.0 Å². The number of aliphatic hydroxyl groups excluding tert-OH is 1. The van der Waals surface area contributed by atoms with Crippen molar-refractivity contribution in [1.29, 1.82) is 0 Å². The van der Waals surface area contributed by atoms with Crippen LogP contribution in [0.1, 0.15) is 52.9 Å². The van der Waals surface area contributed by atoms with Crippen LogP contribution >= 0.6 is 11.8 Å². The third-order valence-electron chi connectivity index (χ3n) is 7.63. The van der Waals surface area contributed by atoms with Gasteiger partial charge in [-0.15, -0.1) is 18.3 Å².